The first kappa shape index (κ1) is 44.8. The van der Waals surface area contributed by atoms with Gasteiger partial charge in [0, 0.05) is 5.56 Å². The number of nitriles is 2. The Balaban J connectivity index is 0.000000257. The maximum Gasteiger partial charge on any atom is 0.476 e. The molecular formula is C35H23Cl3F9N5O4S. The summed E-state index contributed by atoms with van der Waals surface area (Å²) < 4.78 is 138. The number of allylic oxidation sites excluding steroid dienone is 2. The fourth-order valence-electron chi connectivity index (χ4n) is 5.31. The summed E-state index contributed by atoms with van der Waals surface area (Å²) in [6, 6.07) is 19.6. The van der Waals surface area contributed by atoms with E-state index in [1.807, 2.05) is 24.3 Å². The second-order valence-corrected chi connectivity index (χ2v) is 15.0. The molecule has 1 heterocycles. The van der Waals surface area contributed by atoms with Crippen molar-refractivity contribution in [2.24, 2.45) is 17.3 Å². The SMILES string of the molecule is CC1(C)[C@H](C(=O)OC(C#N)c2cccc(Oc3ccccc3)c2)[C@@H]1/C=C(\Cl)C(F)(F)F.N#Cc1nn(-c2c(Cl)cc(C(F)(F)F)cc2Cl)c(N)c1S(=O)C(F)(F)F. The number of ether oxygens (including phenoxy) is 2. The minimum absolute atomic E-state index is 0.392. The van der Waals surface area contributed by atoms with Crippen LogP contribution in [-0.4, -0.2) is 31.6 Å². The van der Waals surface area contributed by atoms with E-state index < -0.39 is 101 Å². The van der Waals surface area contributed by atoms with Gasteiger partial charge in [0.25, 0.3) is 0 Å². The number of carbonyl (C=O) groups is 1. The Morgan fingerprint density at radius 1 is 0.965 bits per heavy atom. The van der Waals surface area contributed by atoms with Crippen LogP contribution in [0.3, 0.4) is 0 Å². The molecule has 57 heavy (non-hydrogen) atoms. The number of aromatic nitrogens is 2. The van der Waals surface area contributed by atoms with E-state index >= 15 is 0 Å². The highest BCUT2D eigenvalue weighted by atomic mass is 35.5. The number of anilines is 1. The molecule has 4 aromatic rings. The van der Waals surface area contributed by atoms with Crippen LogP contribution >= 0.6 is 34.8 Å². The van der Waals surface area contributed by atoms with Crippen LogP contribution < -0.4 is 10.5 Å². The lowest BCUT2D eigenvalue weighted by atomic mass is 10.1. The van der Waals surface area contributed by atoms with Crippen molar-refractivity contribution in [1.82, 2.24) is 9.78 Å². The first-order valence-electron chi connectivity index (χ1n) is 15.5. The van der Waals surface area contributed by atoms with E-state index in [-0.39, 0.29) is 0 Å². The van der Waals surface area contributed by atoms with Crippen LogP contribution in [0.5, 0.6) is 11.5 Å². The lowest BCUT2D eigenvalue weighted by molar-refractivity contribution is -0.149. The van der Waals surface area contributed by atoms with Crippen LogP contribution in [-0.2, 0) is 26.5 Å². The van der Waals surface area contributed by atoms with Crippen molar-refractivity contribution in [3.63, 3.8) is 0 Å². The Morgan fingerprint density at radius 3 is 2.05 bits per heavy atom. The number of esters is 1. The van der Waals surface area contributed by atoms with Gasteiger partial charge in [0.1, 0.15) is 45.1 Å². The van der Waals surface area contributed by atoms with Crippen molar-refractivity contribution in [2.75, 3.05) is 5.73 Å². The van der Waals surface area contributed by atoms with E-state index in [2.05, 4.69) is 5.10 Å². The Morgan fingerprint density at radius 2 is 1.54 bits per heavy atom. The third-order valence-electron chi connectivity index (χ3n) is 8.19. The lowest BCUT2D eigenvalue weighted by Gasteiger charge is -2.13. The summed E-state index contributed by atoms with van der Waals surface area (Å²) in [7, 11) is -3.71. The number of nitrogens with zero attached hydrogens (tertiary/aromatic N) is 4. The van der Waals surface area contributed by atoms with Crippen LogP contribution in [0.15, 0.2) is 82.7 Å². The topological polar surface area (TPSA) is 144 Å². The van der Waals surface area contributed by atoms with Crippen LogP contribution in [0.25, 0.3) is 5.69 Å². The van der Waals surface area contributed by atoms with Gasteiger partial charge in [-0.2, -0.15) is 55.1 Å². The molecular weight excluding hydrogens is 864 g/mol. The maximum absolute atomic E-state index is 12.7. The number of alkyl halides is 9. The summed E-state index contributed by atoms with van der Waals surface area (Å²) in [6.45, 7) is 3.30. The van der Waals surface area contributed by atoms with Crippen LogP contribution in [0.1, 0.15) is 36.8 Å². The Hall–Kier alpha value is -4.95. The monoisotopic (exact) mass is 885 g/mol. The number of para-hydroxylation sites is 1. The van der Waals surface area contributed by atoms with Crippen molar-refractivity contribution in [3.8, 4) is 29.3 Å². The molecule has 0 amide bonds. The molecule has 1 aliphatic rings. The third-order valence-corrected chi connectivity index (χ3v) is 10.3. The van der Waals surface area contributed by atoms with Crippen LogP contribution in [0.2, 0.25) is 10.0 Å². The number of halogens is 12. The van der Waals surface area contributed by atoms with E-state index in [9.17, 15) is 53.8 Å². The molecule has 5 rings (SSSR count). The van der Waals surface area contributed by atoms with Crippen molar-refractivity contribution in [3.05, 3.63) is 105 Å². The van der Waals surface area contributed by atoms with Crippen molar-refractivity contribution >= 4 is 57.4 Å². The molecule has 0 spiro atoms. The van der Waals surface area contributed by atoms with Gasteiger partial charge in [-0.1, -0.05) is 85.1 Å². The molecule has 0 bridgehead atoms. The second kappa shape index (κ2) is 16.9. The minimum Gasteiger partial charge on any atom is -0.457 e. The summed E-state index contributed by atoms with van der Waals surface area (Å²) >= 11 is 16.8. The molecule has 1 aliphatic carbocycles. The van der Waals surface area contributed by atoms with Gasteiger partial charge in [-0.3, -0.25) is 4.79 Å². The number of nitrogens with two attached hydrogens (primary N) is 1. The highest BCUT2D eigenvalue weighted by Gasteiger charge is 2.62. The number of hydrogen-bond donors (Lipinski definition) is 1. The summed E-state index contributed by atoms with van der Waals surface area (Å²) in [5, 5.41) is 19.3. The molecule has 1 saturated carbocycles. The molecule has 22 heteroatoms. The van der Waals surface area contributed by atoms with Gasteiger partial charge >= 0.3 is 23.8 Å². The van der Waals surface area contributed by atoms with Gasteiger partial charge in [-0.15, -0.1) is 0 Å². The largest absolute Gasteiger partial charge is 0.476 e. The molecule has 2 unspecified atom stereocenters. The summed E-state index contributed by atoms with van der Waals surface area (Å²) in [6.07, 6.45) is -9.86. The first-order chi connectivity index (χ1) is 26.3. The first-order valence-corrected chi connectivity index (χ1v) is 17.8. The van der Waals surface area contributed by atoms with Crippen LogP contribution in [0.4, 0.5) is 45.3 Å². The van der Waals surface area contributed by atoms with E-state index in [1.54, 1.807) is 50.2 Å². The molecule has 0 radical (unpaired) electrons. The van der Waals surface area contributed by atoms with Gasteiger partial charge in [0.2, 0.25) is 6.10 Å². The summed E-state index contributed by atoms with van der Waals surface area (Å²) in [5.41, 5.74) is -2.79. The second-order valence-electron chi connectivity index (χ2n) is 12.4. The minimum atomic E-state index is -5.25. The average Bonchev–Trinajstić information content (AvgIpc) is 3.50. The summed E-state index contributed by atoms with van der Waals surface area (Å²) in [4.78, 5) is 11.5. The summed E-state index contributed by atoms with van der Waals surface area (Å²) in [5.74, 6) is -2.17. The fraction of sp³-hybridized carbons (Fsp3) is 0.257. The molecule has 2 N–H and O–H groups in total. The predicted octanol–water partition coefficient (Wildman–Crippen LogP) is 10.8. The number of hydrogen-bond acceptors (Lipinski definition) is 8. The number of rotatable bonds is 8. The fourth-order valence-corrected chi connectivity index (χ4v) is 6.86. The zero-order chi connectivity index (χ0) is 42.8. The van der Waals surface area contributed by atoms with Gasteiger partial charge < -0.3 is 15.2 Å². The van der Waals surface area contributed by atoms with E-state index in [0.29, 0.717) is 33.9 Å². The quantitative estimate of drug-likeness (QED) is 0.136. The molecule has 1 fully saturated rings. The number of nitrogen functional groups attached to an aromatic ring is 1. The van der Waals surface area contributed by atoms with Gasteiger partial charge in [0.05, 0.1) is 21.5 Å². The van der Waals surface area contributed by atoms with E-state index in [0.717, 1.165) is 6.08 Å². The zero-order valence-corrected chi connectivity index (χ0v) is 31.7. The van der Waals surface area contributed by atoms with E-state index in [1.165, 1.54) is 6.07 Å². The molecule has 302 valence electrons. The number of carbonyl (C=O) groups excluding carboxylic acids is 1. The highest BCUT2D eigenvalue weighted by Crippen LogP contribution is 2.61. The molecule has 0 aliphatic heterocycles. The molecule has 4 atom stereocenters. The Bertz CT molecular complexity index is 2280. The molecule has 3 aromatic carbocycles. The zero-order valence-electron chi connectivity index (χ0n) is 28.6. The van der Waals surface area contributed by atoms with Crippen LogP contribution in [0, 0.1) is 39.9 Å². The Labute approximate surface area is 334 Å². The molecule has 1 aromatic heterocycles. The third kappa shape index (κ3) is 10.3. The lowest BCUT2D eigenvalue weighted by Crippen LogP contribution is -2.18. The average molecular weight is 887 g/mol. The van der Waals surface area contributed by atoms with Gasteiger partial charge in [0.15, 0.2) is 16.5 Å². The van der Waals surface area contributed by atoms with Gasteiger partial charge in [-0.05, 0) is 47.7 Å². The standard InChI is InChI=1S/C23H19ClF3NO3.C12H4Cl2F6N4OS/c1-22(2)17(12-19(24)23(25,26)27)20(22)21(29)31-18(13-28)14-7-6-10-16(11-14)30-15-8-4-3-5-9-15;13-5-1-4(11(15,16)17)2-6(14)8(5)24-10(22)9(7(3-21)23-24)26(25)12(18,19)20/h3-12,17-18,20H,1-2H3;1-2H,22H2/b19-12-;/t17-,18?,20-;/m0./s1. The molecule has 9 nitrogen and oxygen atoms in total. The molecule has 0 saturated heterocycles. The van der Waals surface area contributed by atoms with Crippen molar-refractivity contribution < 1.29 is 58.0 Å². The highest BCUT2D eigenvalue weighted by molar-refractivity contribution is 7.86. The van der Waals surface area contributed by atoms with Crippen molar-refractivity contribution in [2.45, 2.75) is 42.7 Å². The van der Waals surface area contributed by atoms with E-state index in [4.69, 9.17) is 55.3 Å². The number of benzene rings is 3. The maximum atomic E-state index is 12.7. The Kier molecular flexibility index (Phi) is 13.3. The van der Waals surface area contributed by atoms with Gasteiger partial charge in [-0.25, -0.2) is 8.89 Å². The predicted molar refractivity (Wildman–Crippen MR) is 188 cm³/mol. The van der Waals surface area contributed by atoms with Crippen molar-refractivity contribution in [1.29, 1.82) is 10.5 Å². The smallest absolute Gasteiger partial charge is 0.457 e. The normalized spacial score (nSPS) is 17.6.